The van der Waals surface area contributed by atoms with Crippen LogP contribution < -0.4 is 0 Å². The lowest BCUT2D eigenvalue weighted by Crippen LogP contribution is -2.21. The van der Waals surface area contributed by atoms with Crippen molar-refractivity contribution < 1.29 is 9.53 Å². The number of rotatable bonds is 5. The second-order valence-electron chi connectivity index (χ2n) is 6.94. The topological polar surface area (TPSA) is 44.1 Å². The van der Waals surface area contributed by atoms with Crippen molar-refractivity contribution in [3.05, 3.63) is 72.4 Å². The summed E-state index contributed by atoms with van der Waals surface area (Å²) < 4.78 is 6.29. The third-order valence-corrected chi connectivity index (χ3v) is 6.03. The van der Waals surface area contributed by atoms with Gasteiger partial charge in [0.15, 0.2) is 0 Å². The number of nitrogens with zero attached hydrogens (tertiary/aromatic N) is 2. The van der Waals surface area contributed by atoms with Crippen LogP contribution in [0.1, 0.15) is 18.9 Å². The van der Waals surface area contributed by atoms with Gasteiger partial charge in [-0.3, -0.25) is 4.79 Å². The van der Waals surface area contributed by atoms with E-state index in [4.69, 9.17) is 33.0 Å². The highest BCUT2D eigenvalue weighted by Crippen LogP contribution is 2.64. The Bertz CT molecular complexity index is 970. The number of carbonyl (C=O) groups excluding carboxylic acids is 1. The molecular formula is C21H18Cl2N2O2. The molecule has 1 fully saturated rings. The van der Waals surface area contributed by atoms with Gasteiger partial charge in [0.2, 0.25) is 0 Å². The van der Waals surface area contributed by atoms with Crippen molar-refractivity contribution in [1.29, 1.82) is 0 Å². The first-order valence-corrected chi connectivity index (χ1v) is 9.41. The lowest BCUT2D eigenvalue weighted by Gasteiger charge is -2.11. The summed E-state index contributed by atoms with van der Waals surface area (Å²) in [5.74, 6) is -0.390. The summed E-state index contributed by atoms with van der Waals surface area (Å²) in [6.45, 7) is 1.83. The molecule has 4 rings (SSSR count). The highest BCUT2D eigenvalue weighted by molar-refractivity contribution is 6.53. The van der Waals surface area contributed by atoms with E-state index in [0.717, 1.165) is 22.5 Å². The zero-order valence-electron chi connectivity index (χ0n) is 14.7. The zero-order valence-corrected chi connectivity index (χ0v) is 16.2. The molecule has 0 aliphatic heterocycles. The van der Waals surface area contributed by atoms with Crippen molar-refractivity contribution in [3.63, 3.8) is 0 Å². The summed E-state index contributed by atoms with van der Waals surface area (Å²) >= 11 is 12.2. The number of ether oxygens (including phenoxy) is 1. The van der Waals surface area contributed by atoms with E-state index in [1.807, 2.05) is 66.9 Å². The van der Waals surface area contributed by atoms with Gasteiger partial charge in [-0.2, -0.15) is 5.10 Å². The number of esters is 1. The minimum Gasteiger partial charge on any atom is -0.460 e. The Morgan fingerprint density at radius 3 is 2.30 bits per heavy atom. The maximum atomic E-state index is 12.4. The fourth-order valence-corrected chi connectivity index (χ4v) is 3.68. The minimum absolute atomic E-state index is 0.106. The summed E-state index contributed by atoms with van der Waals surface area (Å²) in [7, 11) is 0. The quantitative estimate of drug-likeness (QED) is 0.438. The lowest BCUT2D eigenvalue weighted by molar-refractivity contribution is -0.150. The number of para-hydroxylation sites is 1. The largest absolute Gasteiger partial charge is 0.460 e. The molecule has 0 unspecified atom stereocenters. The van der Waals surface area contributed by atoms with Crippen LogP contribution in [0.25, 0.3) is 16.9 Å². The third-order valence-electron chi connectivity index (χ3n) is 4.93. The van der Waals surface area contributed by atoms with Crippen LogP contribution in [0.5, 0.6) is 0 Å². The molecule has 0 bridgehead atoms. The van der Waals surface area contributed by atoms with Crippen LogP contribution in [0, 0.1) is 5.41 Å². The van der Waals surface area contributed by atoms with Crippen LogP contribution >= 0.6 is 23.2 Å². The Hall–Kier alpha value is -2.30. The van der Waals surface area contributed by atoms with Gasteiger partial charge in [0.05, 0.1) is 11.4 Å². The Labute approximate surface area is 167 Å². The average molecular weight is 401 g/mol. The molecule has 27 heavy (non-hydrogen) atoms. The number of alkyl halides is 2. The van der Waals surface area contributed by atoms with E-state index in [9.17, 15) is 4.79 Å². The molecule has 138 valence electrons. The van der Waals surface area contributed by atoms with Crippen molar-refractivity contribution in [3.8, 4) is 16.9 Å². The molecule has 1 atom stereocenters. The Morgan fingerprint density at radius 2 is 1.70 bits per heavy atom. The zero-order chi connectivity index (χ0) is 19.1. The van der Waals surface area contributed by atoms with E-state index in [1.54, 1.807) is 11.6 Å². The van der Waals surface area contributed by atoms with Crippen molar-refractivity contribution >= 4 is 29.2 Å². The first-order valence-electron chi connectivity index (χ1n) is 8.65. The van der Waals surface area contributed by atoms with Crippen molar-refractivity contribution in [2.75, 3.05) is 0 Å². The van der Waals surface area contributed by atoms with Crippen LogP contribution in [0.2, 0.25) is 0 Å². The van der Waals surface area contributed by atoms with E-state index in [-0.39, 0.29) is 12.6 Å². The Kier molecular flexibility index (Phi) is 4.49. The molecule has 1 aliphatic carbocycles. The van der Waals surface area contributed by atoms with Crippen LogP contribution in [0.3, 0.4) is 0 Å². The van der Waals surface area contributed by atoms with Gasteiger partial charge in [-0.15, -0.1) is 23.2 Å². The standard InChI is InChI=1S/C21H18Cl2N2O2/c1-20(14-21(20,22)23)19(26)27-13-16-12-25(17-10-6-3-7-11-17)24-18(16)15-8-4-2-5-9-15/h2-12H,13-14H2,1H3/t20-/m1/s1. The van der Waals surface area contributed by atoms with Crippen LogP contribution in [-0.2, 0) is 16.1 Å². The molecule has 0 spiro atoms. The molecule has 6 heteroatoms. The number of hydrogen-bond donors (Lipinski definition) is 0. The molecule has 1 heterocycles. The van der Waals surface area contributed by atoms with Gasteiger partial charge in [0, 0.05) is 23.7 Å². The SMILES string of the molecule is C[C@]1(C(=O)OCc2cn(-c3ccccc3)nc2-c2ccccc2)CC1(Cl)Cl. The normalized spacial score (nSPS) is 20.3. The first-order chi connectivity index (χ1) is 12.9. The molecule has 1 aliphatic rings. The molecule has 3 aromatic rings. The first kappa shape index (κ1) is 18.1. The number of carbonyl (C=O) groups is 1. The summed E-state index contributed by atoms with van der Waals surface area (Å²) in [6, 6.07) is 19.6. The molecule has 2 aromatic carbocycles. The van der Waals surface area contributed by atoms with E-state index in [0.29, 0.717) is 6.42 Å². The molecule has 0 radical (unpaired) electrons. The van der Waals surface area contributed by atoms with Gasteiger partial charge in [-0.25, -0.2) is 4.68 Å². The predicted molar refractivity (Wildman–Crippen MR) is 106 cm³/mol. The number of hydrogen-bond acceptors (Lipinski definition) is 3. The van der Waals surface area contributed by atoms with Crippen LogP contribution in [-0.4, -0.2) is 20.1 Å². The Balaban J connectivity index is 1.63. The maximum Gasteiger partial charge on any atom is 0.315 e. The molecule has 4 nitrogen and oxygen atoms in total. The Morgan fingerprint density at radius 1 is 1.11 bits per heavy atom. The van der Waals surface area contributed by atoms with Crippen molar-refractivity contribution in [1.82, 2.24) is 9.78 Å². The van der Waals surface area contributed by atoms with Gasteiger partial charge < -0.3 is 4.74 Å². The number of benzene rings is 2. The smallest absolute Gasteiger partial charge is 0.315 e. The summed E-state index contributed by atoms with van der Waals surface area (Å²) in [5.41, 5.74) is 2.63. The maximum absolute atomic E-state index is 12.4. The summed E-state index contributed by atoms with van der Waals surface area (Å²) in [5, 5.41) is 4.71. The van der Waals surface area contributed by atoms with Gasteiger partial charge in [0.1, 0.15) is 16.4 Å². The van der Waals surface area contributed by atoms with E-state index in [2.05, 4.69) is 0 Å². The van der Waals surface area contributed by atoms with Gasteiger partial charge >= 0.3 is 5.97 Å². The highest BCUT2D eigenvalue weighted by Gasteiger charge is 2.69. The van der Waals surface area contributed by atoms with Gasteiger partial charge in [-0.1, -0.05) is 48.5 Å². The number of aromatic nitrogens is 2. The van der Waals surface area contributed by atoms with E-state index >= 15 is 0 Å². The second kappa shape index (κ2) is 6.70. The minimum atomic E-state index is -1.04. The fraction of sp³-hybridized carbons (Fsp3) is 0.238. The average Bonchev–Trinajstić information content (AvgIpc) is 3.03. The summed E-state index contributed by atoms with van der Waals surface area (Å²) in [6.07, 6.45) is 2.28. The highest BCUT2D eigenvalue weighted by atomic mass is 35.5. The van der Waals surface area contributed by atoms with E-state index in [1.165, 1.54) is 0 Å². The lowest BCUT2D eigenvalue weighted by atomic mass is 10.1. The predicted octanol–water partition coefficient (Wildman–Crippen LogP) is 5.17. The third kappa shape index (κ3) is 3.35. The van der Waals surface area contributed by atoms with Gasteiger partial charge in [0.25, 0.3) is 0 Å². The molecule has 0 amide bonds. The second-order valence-corrected chi connectivity index (χ2v) is 8.42. The fourth-order valence-electron chi connectivity index (χ4n) is 2.99. The van der Waals surface area contributed by atoms with Crippen LogP contribution in [0.15, 0.2) is 66.9 Å². The molecule has 1 saturated carbocycles. The molecular weight excluding hydrogens is 383 g/mol. The monoisotopic (exact) mass is 400 g/mol. The summed E-state index contributed by atoms with van der Waals surface area (Å²) in [4.78, 5) is 12.4. The number of halogens is 2. The molecule has 0 saturated heterocycles. The molecule has 1 aromatic heterocycles. The van der Waals surface area contributed by atoms with Gasteiger partial charge in [-0.05, 0) is 19.1 Å². The molecule has 0 N–H and O–H groups in total. The van der Waals surface area contributed by atoms with Crippen LogP contribution in [0.4, 0.5) is 0 Å². The van der Waals surface area contributed by atoms with Crippen molar-refractivity contribution in [2.24, 2.45) is 5.41 Å². The van der Waals surface area contributed by atoms with Crippen molar-refractivity contribution in [2.45, 2.75) is 24.3 Å². The van der Waals surface area contributed by atoms with E-state index < -0.39 is 9.75 Å².